The van der Waals surface area contributed by atoms with Crippen molar-refractivity contribution in [1.29, 1.82) is 0 Å². The minimum atomic E-state index is 0.809. The lowest BCUT2D eigenvalue weighted by molar-refractivity contribution is 0.691. The molecule has 0 unspecified atom stereocenters. The maximum atomic E-state index is 3.68. The summed E-state index contributed by atoms with van der Waals surface area (Å²) in [5.74, 6) is 0.858. The Morgan fingerprint density at radius 3 is 2.78 bits per heavy atom. The first-order valence-corrected chi connectivity index (χ1v) is 7.88. The summed E-state index contributed by atoms with van der Waals surface area (Å²) >= 11 is 2.01. The molecule has 94 valence electrons. The maximum absolute atomic E-state index is 3.68. The smallest absolute Gasteiger partial charge is 0.0349 e. The Balaban J connectivity index is 1.76. The van der Waals surface area contributed by atoms with Gasteiger partial charge in [-0.2, -0.15) is 0 Å². The van der Waals surface area contributed by atoms with Gasteiger partial charge in [0.1, 0.15) is 0 Å². The van der Waals surface area contributed by atoms with E-state index in [-0.39, 0.29) is 0 Å². The van der Waals surface area contributed by atoms with Gasteiger partial charge in [-0.1, -0.05) is 17.7 Å². The van der Waals surface area contributed by atoms with Crippen molar-refractivity contribution in [3.63, 3.8) is 0 Å². The van der Waals surface area contributed by atoms with Crippen LogP contribution in [0.15, 0.2) is 18.2 Å². The first-order chi connectivity index (χ1) is 8.81. The second-order valence-electron chi connectivity index (χ2n) is 5.87. The Hall–Kier alpha value is -0.860. The standard InChI is InChI=1S/C16H19NS/c1-10-2-7-14-13(8-10)16(11-3-4-11)15(18-14)9-17-12-5-6-12/h2,7-8,11-12,17H,3-6,9H2,1H3. The third kappa shape index (κ3) is 1.98. The molecule has 1 aromatic carbocycles. The fourth-order valence-electron chi connectivity index (χ4n) is 2.76. The number of thiophene rings is 1. The molecule has 2 aromatic rings. The van der Waals surface area contributed by atoms with E-state index in [4.69, 9.17) is 0 Å². The van der Waals surface area contributed by atoms with Gasteiger partial charge in [0.2, 0.25) is 0 Å². The van der Waals surface area contributed by atoms with E-state index in [1.54, 1.807) is 10.4 Å². The monoisotopic (exact) mass is 257 g/mol. The largest absolute Gasteiger partial charge is 0.309 e. The topological polar surface area (TPSA) is 12.0 Å². The highest BCUT2D eigenvalue weighted by Crippen LogP contribution is 2.48. The third-order valence-electron chi connectivity index (χ3n) is 4.07. The lowest BCUT2D eigenvalue weighted by atomic mass is 10.0. The summed E-state index contributed by atoms with van der Waals surface area (Å²) in [6.07, 6.45) is 5.55. The maximum Gasteiger partial charge on any atom is 0.0349 e. The van der Waals surface area contributed by atoms with Crippen molar-refractivity contribution >= 4 is 21.4 Å². The third-order valence-corrected chi connectivity index (χ3v) is 5.26. The summed E-state index contributed by atoms with van der Waals surface area (Å²) in [6.45, 7) is 3.30. The van der Waals surface area contributed by atoms with Gasteiger partial charge < -0.3 is 5.32 Å². The number of hydrogen-bond acceptors (Lipinski definition) is 2. The molecule has 2 aliphatic rings. The number of rotatable bonds is 4. The van der Waals surface area contributed by atoms with Gasteiger partial charge in [0.05, 0.1) is 0 Å². The van der Waals surface area contributed by atoms with Gasteiger partial charge in [0, 0.05) is 22.2 Å². The second-order valence-corrected chi connectivity index (χ2v) is 7.00. The van der Waals surface area contributed by atoms with Crippen LogP contribution in [0.5, 0.6) is 0 Å². The highest BCUT2D eigenvalue weighted by molar-refractivity contribution is 7.19. The molecule has 2 aliphatic carbocycles. The van der Waals surface area contributed by atoms with Gasteiger partial charge in [-0.15, -0.1) is 11.3 Å². The first-order valence-electron chi connectivity index (χ1n) is 7.06. The van der Waals surface area contributed by atoms with Crippen molar-refractivity contribution in [3.8, 4) is 0 Å². The van der Waals surface area contributed by atoms with Crippen LogP contribution in [0.25, 0.3) is 10.1 Å². The zero-order valence-corrected chi connectivity index (χ0v) is 11.6. The molecule has 0 amide bonds. The second kappa shape index (κ2) is 4.07. The van der Waals surface area contributed by atoms with Crippen molar-refractivity contribution in [1.82, 2.24) is 5.32 Å². The number of benzene rings is 1. The molecule has 2 heteroatoms. The molecular weight excluding hydrogens is 238 g/mol. The molecule has 4 rings (SSSR count). The van der Waals surface area contributed by atoms with Gasteiger partial charge in [0.15, 0.2) is 0 Å². The molecule has 1 heterocycles. The lowest BCUT2D eigenvalue weighted by Gasteiger charge is -2.04. The molecule has 2 fully saturated rings. The molecule has 1 aromatic heterocycles. The van der Waals surface area contributed by atoms with Crippen molar-refractivity contribution in [2.45, 2.75) is 51.1 Å². The van der Waals surface area contributed by atoms with Crippen molar-refractivity contribution in [3.05, 3.63) is 34.2 Å². The van der Waals surface area contributed by atoms with E-state index in [0.29, 0.717) is 0 Å². The minimum Gasteiger partial charge on any atom is -0.309 e. The van der Waals surface area contributed by atoms with E-state index < -0.39 is 0 Å². The predicted molar refractivity (Wildman–Crippen MR) is 78.4 cm³/mol. The zero-order valence-electron chi connectivity index (χ0n) is 10.8. The van der Waals surface area contributed by atoms with Crippen LogP contribution in [0, 0.1) is 6.92 Å². The Morgan fingerprint density at radius 1 is 1.22 bits per heavy atom. The number of hydrogen-bond donors (Lipinski definition) is 1. The Kier molecular flexibility index (Phi) is 2.49. The molecule has 2 saturated carbocycles. The van der Waals surface area contributed by atoms with Gasteiger partial charge in [-0.3, -0.25) is 0 Å². The fourth-order valence-corrected chi connectivity index (χ4v) is 3.98. The lowest BCUT2D eigenvalue weighted by Crippen LogP contribution is -2.15. The zero-order chi connectivity index (χ0) is 12.1. The van der Waals surface area contributed by atoms with Gasteiger partial charge in [0.25, 0.3) is 0 Å². The SMILES string of the molecule is Cc1ccc2sc(CNC3CC3)c(C3CC3)c2c1. The summed E-state index contributed by atoms with van der Waals surface area (Å²) in [5, 5.41) is 5.22. The molecule has 0 radical (unpaired) electrons. The van der Waals surface area contributed by atoms with Gasteiger partial charge in [-0.05, 0) is 55.5 Å². The summed E-state index contributed by atoms with van der Waals surface area (Å²) in [7, 11) is 0. The Morgan fingerprint density at radius 2 is 2.06 bits per heavy atom. The fraction of sp³-hybridized carbons (Fsp3) is 0.500. The van der Waals surface area contributed by atoms with Crippen molar-refractivity contribution < 1.29 is 0 Å². The normalized spacial score (nSPS) is 19.6. The first kappa shape index (κ1) is 11.0. The van der Waals surface area contributed by atoms with Gasteiger partial charge in [-0.25, -0.2) is 0 Å². The quantitative estimate of drug-likeness (QED) is 0.859. The van der Waals surface area contributed by atoms with Crippen molar-refractivity contribution in [2.75, 3.05) is 0 Å². The highest BCUT2D eigenvalue weighted by Gasteiger charge is 2.30. The van der Waals surface area contributed by atoms with Gasteiger partial charge >= 0.3 is 0 Å². The van der Waals surface area contributed by atoms with E-state index in [1.807, 2.05) is 11.3 Å². The molecule has 0 spiro atoms. The molecule has 18 heavy (non-hydrogen) atoms. The predicted octanol–water partition coefficient (Wildman–Crippen LogP) is 4.34. The number of nitrogens with one attached hydrogen (secondary N) is 1. The highest BCUT2D eigenvalue weighted by atomic mass is 32.1. The minimum absolute atomic E-state index is 0.809. The molecule has 0 bridgehead atoms. The molecule has 0 atom stereocenters. The van der Waals surface area contributed by atoms with Crippen LogP contribution in [0.1, 0.15) is 47.6 Å². The van der Waals surface area contributed by atoms with E-state index in [1.165, 1.54) is 41.3 Å². The Labute approximate surface area is 112 Å². The Bertz CT molecular complexity index is 590. The number of fused-ring (bicyclic) bond motifs is 1. The van der Waals surface area contributed by atoms with E-state index >= 15 is 0 Å². The van der Waals surface area contributed by atoms with Crippen LogP contribution in [0.4, 0.5) is 0 Å². The van der Waals surface area contributed by atoms with E-state index in [2.05, 4.69) is 30.4 Å². The average molecular weight is 257 g/mol. The summed E-state index contributed by atoms with van der Waals surface area (Å²) in [5.41, 5.74) is 3.07. The van der Waals surface area contributed by atoms with Crippen LogP contribution in [-0.4, -0.2) is 6.04 Å². The molecular formula is C16H19NS. The summed E-state index contributed by atoms with van der Waals surface area (Å²) < 4.78 is 1.48. The average Bonchev–Trinajstić information content (AvgIpc) is 3.25. The summed E-state index contributed by atoms with van der Waals surface area (Å²) in [6, 6.07) is 7.75. The molecule has 0 saturated heterocycles. The van der Waals surface area contributed by atoms with Crippen LogP contribution < -0.4 is 5.32 Å². The molecule has 1 N–H and O–H groups in total. The van der Waals surface area contributed by atoms with E-state index in [9.17, 15) is 0 Å². The van der Waals surface area contributed by atoms with Crippen LogP contribution in [0.2, 0.25) is 0 Å². The van der Waals surface area contributed by atoms with E-state index in [0.717, 1.165) is 18.5 Å². The van der Waals surface area contributed by atoms with Crippen LogP contribution in [0.3, 0.4) is 0 Å². The summed E-state index contributed by atoms with van der Waals surface area (Å²) in [4.78, 5) is 1.60. The molecule has 0 aliphatic heterocycles. The molecule has 1 nitrogen and oxygen atoms in total. The van der Waals surface area contributed by atoms with Crippen LogP contribution in [-0.2, 0) is 6.54 Å². The number of aryl methyl sites for hydroxylation is 1. The van der Waals surface area contributed by atoms with Crippen molar-refractivity contribution in [2.24, 2.45) is 0 Å². The van der Waals surface area contributed by atoms with Crippen LogP contribution >= 0.6 is 11.3 Å².